The van der Waals surface area contributed by atoms with Gasteiger partial charge in [0.15, 0.2) is 17.4 Å². The lowest BCUT2D eigenvalue weighted by Gasteiger charge is -2.11. The van der Waals surface area contributed by atoms with Crippen molar-refractivity contribution in [2.75, 3.05) is 26.9 Å². The van der Waals surface area contributed by atoms with Gasteiger partial charge in [-0.3, -0.25) is 4.79 Å². The van der Waals surface area contributed by atoms with E-state index in [0.29, 0.717) is 17.4 Å². The van der Waals surface area contributed by atoms with Gasteiger partial charge in [-0.25, -0.2) is 26.2 Å². The Morgan fingerprint density at radius 2 is 1.77 bits per heavy atom. The number of hydrogen-bond donors (Lipinski definition) is 1. The molecule has 9 nitrogen and oxygen atoms in total. The second-order valence-electron chi connectivity index (χ2n) is 8.66. The van der Waals surface area contributed by atoms with Gasteiger partial charge in [-0.05, 0) is 37.1 Å². The van der Waals surface area contributed by atoms with E-state index in [-0.39, 0.29) is 53.5 Å². The van der Waals surface area contributed by atoms with Gasteiger partial charge in [0.05, 0.1) is 23.7 Å². The lowest BCUT2D eigenvalue weighted by Crippen LogP contribution is -2.22. The molecule has 12 heteroatoms. The SMILES string of the molecule is COc1ncc(OCCOc2cc3c(CCNC(C)=O)cn(S(=O)(=O)c4ccc(C)cc4)c3cc2F)cc1F. The van der Waals surface area contributed by atoms with Crippen LogP contribution >= 0.6 is 0 Å². The van der Waals surface area contributed by atoms with Gasteiger partial charge in [0.1, 0.15) is 19.0 Å². The minimum atomic E-state index is -4.04. The first kappa shape index (κ1) is 27.8. The standard InChI is InChI=1S/C27H27F2N3O6S/c1-17-4-6-21(7-5-17)39(34,35)32-16-19(8-9-30-18(2)33)22-13-26(23(28)14-25(22)32)38-11-10-37-20-12-24(29)27(36-3)31-15-20/h4-7,12-16H,8-11H2,1-3H3,(H,30,33). The first-order chi connectivity index (χ1) is 18.6. The highest BCUT2D eigenvalue weighted by molar-refractivity contribution is 7.90. The third-order valence-corrected chi connectivity index (χ3v) is 7.53. The van der Waals surface area contributed by atoms with Gasteiger partial charge in [0, 0.05) is 37.2 Å². The van der Waals surface area contributed by atoms with Crippen LogP contribution in [0.15, 0.2) is 59.8 Å². The van der Waals surface area contributed by atoms with E-state index >= 15 is 4.39 Å². The summed E-state index contributed by atoms with van der Waals surface area (Å²) in [5.41, 5.74) is 1.61. The molecule has 0 aliphatic rings. The summed E-state index contributed by atoms with van der Waals surface area (Å²) in [5.74, 6) is -1.83. The van der Waals surface area contributed by atoms with Crippen molar-refractivity contribution in [2.24, 2.45) is 0 Å². The Morgan fingerprint density at radius 3 is 2.44 bits per heavy atom. The number of ether oxygens (including phenoxy) is 3. The maximum atomic E-state index is 15.1. The van der Waals surface area contributed by atoms with Crippen molar-refractivity contribution in [2.45, 2.75) is 25.2 Å². The summed E-state index contributed by atoms with van der Waals surface area (Å²) in [4.78, 5) is 15.2. The predicted octanol–water partition coefficient (Wildman–Crippen LogP) is 4.00. The van der Waals surface area contributed by atoms with Gasteiger partial charge in [-0.15, -0.1) is 0 Å². The molecule has 1 N–H and O–H groups in total. The van der Waals surface area contributed by atoms with E-state index in [9.17, 15) is 17.6 Å². The molecule has 4 rings (SSSR count). The van der Waals surface area contributed by atoms with Gasteiger partial charge in [0.2, 0.25) is 11.8 Å². The topological polar surface area (TPSA) is 109 Å². The van der Waals surface area contributed by atoms with E-state index in [1.54, 1.807) is 12.1 Å². The van der Waals surface area contributed by atoms with Gasteiger partial charge in [-0.2, -0.15) is 0 Å². The van der Waals surface area contributed by atoms with Crippen LogP contribution in [-0.2, 0) is 21.2 Å². The normalized spacial score (nSPS) is 11.4. The average Bonchev–Trinajstić information content (AvgIpc) is 3.24. The van der Waals surface area contributed by atoms with Crippen LogP contribution in [0.2, 0.25) is 0 Å². The molecule has 0 aliphatic heterocycles. The number of amides is 1. The highest BCUT2D eigenvalue weighted by Gasteiger charge is 2.23. The molecule has 0 aliphatic carbocycles. The number of carbonyl (C=O) groups is 1. The summed E-state index contributed by atoms with van der Waals surface area (Å²) >= 11 is 0. The monoisotopic (exact) mass is 559 g/mol. The molecule has 0 saturated heterocycles. The molecular weight excluding hydrogens is 532 g/mol. The largest absolute Gasteiger partial charge is 0.488 e. The number of methoxy groups -OCH3 is 1. The number of hydrogen-bond acceptors (Lipinski definition) is 7. The number of pyridine rings is 1. The Labute approximate surface area is 224 Å². The maximum Gasteiger partial charge on any atom is 0.268 e. The zero-order valence-electron chi connectivity index (χ0n) is 21.5. The molecule has 4 aromatic rings. The summed E-state index contributed by atoms with van der Waals surface area (Å²) in [7, 11) is -2.74. The smallest absolute Gasteiger partial charge is 0.268 e. The second-order valence-corrected chi connectivity index (χ2v) is 10.5. The third kappa shape index (κ3) is 6.28. The van der Waals surface area contributed by atoms with Crippen molar-refractivity contribution in [3.8, 4) is 17.4 Å². The van der Waals surface area contributed by atoms with Crippen LogP contribution in [0, 0.1) is 18.6 Å². The molecule has 2 heterocycles. The molecule has 2 aromatic heterocycles. The van der Waals surface area contributed by atoms with E-state index in [0.717, 1.165) is 21.7 Å². The van der Waals surface area contributed by atoms with Crippen LogP contribution in [0.4, 0.5) is 8.78 Å². The lowest BCUT2D eigenvalue weighted by molar-refractivity contribution is -0.118. The van der Waals surface area contributed by atoms with Crippen molar-refractivity contribution in [3.63, 3.8) is 0 Å². The van der Waals surface area contributed by atoms with Gasteiger partial charge in [0.25, 0.3) is 10.0 Å². The van der Waals surface area contributed by atoms with E-state index in [1.165, 1.54) is 44.6 Å². The quantitative estimate of drug-likeness (QED) is 0.277. The van der Waals surface area contributed by atoms with Crippen molar-refractivity contribution in [1.29, 1.82) is 0 Å². The Bertz CT molecular complexity index is 1600. The summed E-state index contributed by atoms with van der Waals surface area (Å²) in [5, 5.41) is 3.13. The molecule has 2 aromatic carbocycles. The van der Waals surface area contributed by atoms with Gasteiger partial charge in [-0.1, -0.05) is 17.7 Å². The number of benzene rings is 2. The number of fused-ring (bicyclic) bond motifs is 1. The average molecular weight is 560 g/mol. The fourth-order valence-electron chi connectivity index (χ4n) is 3.92. The zero-order valence-corrected chi connectivity index (χ0v) is 22.3. The second kappa shape index (κ2) is 11.7. The fraction of sp³-hybridized carbons (Fsp3) is 0.259. The van der Waals surface area contributed by atoms with Crippen LogP contribution in [0.1, 0.15) is 18.1 Å². The van der Waals surface area contributed by atoms with E-state index in [2.05, 4.69) is 10.3 Å². The van der Waals surface area contributed by atoms with Crippen LogP contribution in [0.3, 0.4) is 0 Å². The number of nitrogens with zero attached hydrogens (tertiary/aromatic N) is 2. The van der Waals surface area contributed by atoms with E-state index in [4.69, 9.17) is 14.2 Å². The number of aromatic nitrogens is 2. The summed E-state index contributed by atoms with van der Waals surface area (Å²) in [6.45, 7) is 3.36. The van der Waals surface area contributed by atoms with Crippen molar-refractivity contribution < 1.29 is 36.2 Å². The summed E-state index contributed by atoms with van der Waals surface area (Å²) in [6.07, 6.45) is 3.02. The molecule has 0 fully saturated rings. The minimum Gasteiger partial charge on any atom is -0.488 e. The first-order valence-electron chi connectivity index (χ1n) is 12.0. The van der Waals surface area contributed by atoms with Gasteiger partial charge < -0.3 is 19.5 Å². The molecule has 0 spiro atoms. The van der Waals surface area contributed by atoms with Crippen molar-refractivity contribution >= 4 is 26.8 Å². The highest BCUT2D eigenvalue weighted by Crippen LogP contribution is 2.32. The number of nitrogens with one attached hydrogen (secondary N) is 1. The molecular formula is C27H27F2N3O6S. The van der Waals surface area contributed by atoms with Crippen LogP contribution < -0.4 is 19.5 Å². The van der Waals surface area contributed by atoms with Crippen molar-refractivity contribution in [3.05, 3.63) is 77.6 Å². The van der Waals surface area contributed by atoms with E-state index in [1.807, 2.05) is 6.92 Å². The fourth-order valence-corrected chi connectivity index (χ4v) is 5.30. The Hall–Kier alpha value is -4.19. The summed E-state index contributed by atoms with van der Waals surface area (Å²) < 4.78 is 72.5. The molecule has 0 bridgehead atoms. The molecule has 1 amide bonds. The van der Waals surface area contributed by atoms with E-state index < -0.39 is 21.7 Å². The molecule has 0 radical (unpaired) electrons. The number of aryl methyl sites for hydroxylation is 1. The van der Waals surface area contributed by atoms with Gasteiger partial charge >= 0.3 is 0 Å². The molecule has 0 atom stereocenters. The van der Waals surface area contributed by atoms with Crippen LogP contribution in [-0.4, -0.2) is 50.1 Å². The Balaban J connectivity index is 1.60. The molecule has 0 unspecified atom stereocenters. The summed E-state index contributed by atoms with van der Waals surface area (Å²) in [6, 6.07) is 9.97. The number of carbonyl (C=O) groups excluding carboxylic acids is 1. The molecule has 206 valence electrons. The zero-order chi connectivity index (χ0) is 28.2. The van der Waals surface area contributed by atoms with Crippen LogP contribution in [0.5, 0.6) is 17.4 Å². The van der Waals surface area contributed by atoms with Crippen LogP contribution in [0.25, 0.3) is 10.9 Å². The maximum absolute atomic E-state index is 15.1. The van der Waals surface area contributed by atoms with Crippen molar-refractivity contribution in [1.82, 2.24) is 14.3 Å². The Kier molecular flexibility index (Phi) is 8.34. The number of halogens is 2. The minimum absolute atomic E-state index is 0.0386. The molecule has 39 heavy (non-hydrogen) atoms. The number of rotatable bonds is 11. The highest BCUT2D eigenvalue weighted by atomic mass is 32.2. The Morgan fingerprint density at radius 1 is 1.05 bits per heavy atom. The predicted molar refractivity (Wildman–Crippen MR) is 140 cm³/mol. The lowest BCUT2D eigenvalue weighted by atomic mass is 10.1. The molecule has 0 saturated carbocycles. The third-order valence-electron chi connectivity index (χ3n) is 5.84. The first-order valence-corrected chi connectivity index (χ1v) is 13.4.